The van der Waals surface area contributed by atoms with Crippen molar-refractivity contribution in [3.05, 3.63) is 41.3 Å². The van der Waals surface area contributed by atoms with Gasteiger partial charge < -0.3 is 19.9 Å². The van der Waals surface area contributed by atoms with E-state index in [2.05, 4.69) is 15.3 Å². The molecular weight excluding hydrogens is 318 g/mol. The number of benzene rings is 1. The lowest BCUT2D eigenvalue weighted by molar-refractivity contribution is 0.264. The maximum absolute atomic E-state index is 9.44. The Kier molecular flexibility index (Phi) is 4.54. The molecule has 0 atom stereocenters. The molecule has 1 aromatic heterocycles. The predicted molar refractivity (Wildman–Crippen MR) is 87.0 cm³/mol. The number of aliphatic hydroxyl groups excluding tert-OH is 1. The van der Waals surface area contributed by atoms with E-state index in [1.54, 1.807) is 7.11 Å². The van der Waals surface area contributed by atoms with Crippen LogP contribution in [0.1, 0.15) is 18.4 Å². The van der Waals surface area contributed by atoms with Crippen LogP contribution >= 0.6 is 11.6 Å². The van der Waals surface area contributed by atoms with E-state index in [1.165, 1.54) is 6.20 Å². The summed E-state index contributed by atoms with van der Waals surface area (Å²) in [4.78, 5) is 8.14. The Balaban J connectivity index is 1.71. The molecule has 0 spiro atoms. The third kappa shape index (κ3) is 3.83. The van der Waals surface area contributed by atoms with E-state index >= 15 is 0 Å². The number of nitrogens with zero attached hydrogens (tertiary/aromatic N) is 2. The van der Waals surface area contributed by atoms with Crippen LogP contribution < -0.4 is 14.8 Å². The summed E-state index contributed by atoms with van der Waals surface area (Å²) < 4.78 is 10.9. The van der Waals surface area contributed by atoms with Gasteiger partial charge in [-0.05, 0) is 42.1 Å². The van der Waals surface area contributed by atoms with Crippen molar-refractivity contribution in [3.8, 4) is 11.5 Å². The lowest BCUT2D eigenvalue weighted by atomic mass is 10.2. The highest BCUT2D eigenvalue weighted by atomic mass is 35.5. The molecule has 1 aliphatic rings. The molecule has 23 heavy (non-hydrogen) atoms. The number of hydrogen-bond acceptors (Lipinski definition) is 6. The summed E-state index contributed by atoms with van der Waals surface area (Å²) in [6, 6.07) is 7.61. The highest BCUT2D eigenvalue weighted by molar-refractivity contribution is 6.28. The van der Waals surface area contributed by atoms with Gasteiger partial charge in [0, 0.05) is 0 Å². The number of halogens is 1. The normalized spacial score (nSPS) is 15.1. The Hall–Kier alpha value is -2.05. The van der Waals surface area contributed by atoms with Gasteiger partial charge in [-0.2, -0.15) is 4.98 Å². The molecule has 1 aromatic carbocycles. The number of aliphatic hydroxyl groups is 1. The van der Waals surface area contributed by atoms with E-state index < -0.39 is 0 Å². The van der Waals surface area contributed by atoms with Crippen molar-refractivity contribution in [1.82, 2.24) is 9.97 Å². The number of ether oxygens (including phenoxy) is 2. The molecule has 0 bridgehead atoms. The molecule has 1 heterocycles. The molecule has 0 radical (unpaired) electrons. The summed E-state index contributed by atoms with van der Waals surface area (Å²) in [6.45, 7) is 0.419. The molecule has 6 nitrogen and oxygen atoms in total. The molecule has 1 saturated carbocycles. The Labute approximate surface area is 139 Å². The molecule has 0 amide bonds. The smallest absolute Gasteiger partial charge is 0.224 e. The van der Waals surface area contributed by atoms with Gasteiger partial charge in [0.1, 0.15) is 12.4 Å². The van der Waals surface area contributed by atoms with Gasteiger partial charge in [0.05, 0.1) is 25.5 Å². The number of anilines is 1. The Morgan fingerprint density at radius 2 is 2.04 bits per heavy atom. The Morgan fingerprint density at radius 1 is 1.30 bits per heavy atom. The van der Waals surface area contributed by atoms with E-state index in [1.807, 2.05) is 24.3 Å². The molecule has 0 aliphatic heterocycles. The van der Waals surface area contributed by atoms with Gasteiger partial charge >= 0.3 is 0 Å². The Morgan fingerprint density at radius 3 is 2.65 bits per heavy atom. The van der Waals surface area contributed by atoms with E-state index in [-0.39, 0.29) is 17.4 Å². The van der Waals surface area contributed by atoms with Crippen LogP contribution in [-0.2, 0) is 6.61 Å². The van der Waals surface area contributed by atoms with E-state index in [0.29, 0.717) is 18.2 Å². The standard InChI is InChI=1S/C16H18ClN3O3/c1-22-12-4-2-11(3-5-12)9-23-13-8-18-15(17)19-14(13)20-16(10-21)6-7-16/h2-5,8,21H,6-7,9-10H2,1H3,(H,18,19,20). The molecule has 0 saturated heterocycles. The summed E-state index contributed by atoms with van der Waals surface area (Å²) in [6.07, 6.45) is 3.32. The van der Waals surface area contributed by atoms with Gasteiger partial charge in [0.15, 0.2) is 11.6 Å². The van der Waals surface area contributed by atoms with Gasteiger partial charge in [-0.1, -0.05) is 12.1 Å². The molecule has 3 rings (SSSR count). The minimum atomic E-state index is -0.310. The number of rotatable bonds is 7. The quantitative estimate of drug-likeness (QED) is 0.758. The largest absolute Gasteiger partial charge is 0.497 e. The minimum Gasteiger partial charge on any atom is -0.497 e. The third-order valence-electron chi connectivity index (χ3n) is 3.82. The zero-order chi connectivity index (χ0) is 16.3. The van der Waals surface area contributed by atoms with Crippen molar-refractivity contribution in [3.63, 3.8) is 0 Å². The fourth-order valence-corrected chi connectivity index (χ4v) is 2.29. The molecule has 2 aromatic rings. The van der Waals surface area contributed by atoms with Crippen LogP contribution in [0, 0.1) is 0 Å². The SMILES string of the molecule is COc1ccc(COc2cnc(Cl)nc2NC2(CO)CC2)cc1. The van der Waals surface area contributed by atoms with Gasteiger partial charge in [-0.3, -0.25) is 0 Å². The second kappa shape index (κ2) is 6.60. The maximum Gasteiger partial charge on any atom is 0.224 e. The van der Waals surface area contributed by atoms with Crippen LogP contribution in [0.5, 0.6) is 11.5 Å². The van der Waals surface area contributed by atoms with Crippen LogP contribution in [0.4, 0.5) is 5.82 Å². The predicted octanol–water partition coefficient (Wildman–Crippen LogP) is 2.65. The first-order chi connectivity index (χ1) is 11.1. The minimum absolute atomic E-state index is 0.0482. The van der Waals surface area contributed by atoms with Crippen molar-refractivity contribution < 1.29 is 14.6 Å². The molecular formula is C16H18ClN3O3. The highest BCUT2D eigenvalue weighted by Crippen LogP contribution is 2.40. The van der Waals surface area contributed by atoms with Crippen molar-refractivity contribution in [2.45, 2.75) is 25.0 Å². The molecule has 7 heteroatoms. The highest BCUT2D eigenvalue weighted by Gasteiger charge is 2.43. The average Bonchev–Trinajstić information content (AvgIpc) is 3.35. The van der Waals surface area contributed by atoms with E-state index in [0.717, 1.165) is 24.2 Å². The first-order valence-corrected chi connectivity index (χ1v) is 7.69. The van der Waals surface area contributed by atoms with Crippen molar-refractivity contribution in [2.24, 2.45) is 0 Å². The van der Waals surface area contributed by atoms with E-state index in [9.17, 15) is 5.11 Å². The monoisotopic (exact) mass is 335 g/mol. The summed E-state index contributed by atoms with van der Waals surface area (Å²) >= 11 is 5.87. The van der Waals surface area contributed by atoms with Crippen molar-refractivity contribution in [1.29, 1.82) is 0 Å². The molecule has 1 aliphatic carbocycles. The second-order valence-corrected chi connectivity index (χ2v) is 5.89. The first kappa shape index (κ1) is 15.8. The van der Waals surface area contributed by atoms with Crippen LogP contribution in [0.2, 0.25) is 5.28 Å². The average molecular weight is 336 g/mol. The lowest BCUT2D eigenvalue weighted by Crippen LogP contribution is -2.26. The number of hydrogen-bond donors (Lipinski definition) is 2. The fraction of sp³-hybridized carbons (Fsp3) is 0.375. The van der Waals surface area contributed by atoms with Crippen LogP contribution in [0.15, 0.2) is 30.5 Å². The summed E-state index contributed by atoms with van der Waals surface area (Å²) in [7, 11) is 1.63. The van der Waals surface area contributed by atoms with Gasteiger partial charge in [0.25, 0.3) is 0 Å². The molecule has 2 N–H and O–H groups in total. The van der Waals surface area contributed by atoms with Crippen LogP contribution in [0.25, 0.3) is 0 Å². The topological polar surface area (TPSA) is 76.5 Å². The van der Waals surface area contributed by atoms with Gasteiger partial charge in [0.2, 0.25) is 5.28 Å². The van der Waals surface area contributed by atoms with Gasteiger partial charge in [-0.25, -0.2) is 4.98 Å². The second-order valence-electron chi connectivity index (χ2n) is 5.55. The first-order valence-electron chi connectivity index (χ1n) is 7.31. The van der Waals surface area contributed by atoms with Gasteiger partial charge in [-0.15, -0.1) is 0 Å². The number of aromatic nitrogens is 2. The Bertz CT molecular complexity index is 675. The molecule has 1 fully saturated rings. The zero-order valence-corrected chi connectivity index (χ0v) is 13.5. The molecule has 0 unspecified atom stereocenters. The van der Waals surface area contributed by atoms with Crippen molar-refractivity contribution >= 4 is 17.4 Å². The van der Waals surface area contributed by atoms with Crippen molar-refractivity contribution in [2.75, 3.05) is 19.0 Å². The fourth-order valence-electron chi connectivity index (χ4n) is 2.15. The third-order valence-corrected chi connectivity index (χ3v) is 4.00. The van der Waals surface area contributed by atoms with E-state index in [4.69, 9.17) is 21.1 Å². The molecule has 122 valence electrons. The maximum atomic E-state index is 9.44. The summed E-state index contributed by atoms with van der Waals surface area (Å²) in [5.74, 6) is 1.81. The number of nitrogens with one attached hydrogen (secondary N) is 1. The van der Waals surface area contributed by atoms with Crippen LogP contribution in [-0.4, -0.2) is 34.3 Å². The number of methoxy groups -OCH3 is 1. The summed E-state index contributed by atoms with van der Waals surface area (Å²) in [5, 5.41) is 12.8. The lowest BCUT2D eigenvalue weighted by Gasteiger charge is -2.18. The zero-order valence-electron chi connectivity index (χ0n) is 12.8. The van der Waals surface area contributed by atoms with Crippen LogP contribution in [0.3, 0.4) is 0 Å². The summed E-state index contributed by atoms with van der Waals surface area (Å²) in [5.41, 5.74) is 0.686.